The average Bonchev–Trinajstić information content (AvgIpc) is 3.07. The van der Waals surface area contributed by atoms with Crippen molar-refractivity contribution in [1.82, 2.24) is 10.2 Å². The van der Waals surface area contributed by atoms with Crippen LogP contribution in [0.15, 0.2) is 0 Å². The molecule has 1 fully saturated rings. The average molecular weight is 242 g/mol. The maximum absolute atomic E-state index is 11.7. The molecule has 17 heavy (non-hydrogen) atoms. The van der Waals surface area contributed by atoms with Gasteiger partial charge in [0.2, 0.25) is 0 Å². The number of amides is 2. The van der Waals surface area contributed by atoms with Crippen LogP contribution in [0.5, 0.6) is 0 Å². The fourth-order valence-electron chi connectivity index (χ4n) is 1.83. The van der Waals surface area contributed by atoms with E-state index in [0.29, 0.717) is 18.4 Å². The molecule has 100 valence electrons. The molecule has 0 aromatic rings. The maximum atomic E-state index is 11.7. The van der Waals surface area contributed by atoms with Crippen molar-refractivity contribution in [2.24, 2.45) is 11.8 Å². The molecule has 0 spiro atoms. The molecule has 0 heterocycles. The molecule has 4 heteroatoms. The van der Waals surface area contributed by atoms with E-state index >= 15 is 0 Å². The summed E-state index contributed by atoms with van der Waals surface area (Å²) < 4.78 is 0. The van der Waals surface area contributed by atoms with Gasteiger partial charge in [-0.3, -0.25) is 0 Å². The van der Waals surface area contributed by atoms with E-state index in [1.807, 2.05) is 0 Å². The van der Waals surface area contributed by atoms with E-state index in [1.165, 1.54) is 0 Å². The SMILES string of the molecule is CC(C)CCCNC(=O)N(C)CC(O)C1CC1. The van der Waals surface area contributed by atoms with E-state index in [0.717, 1.165) is 32.2 Å². The van der Waals surface area contributed by atoms with Crippen LogP contribution in [0.1, 0.15) is 39.5 Å². The number of urea groups is 1. The first-order valence-electron chi connectivity index (χ1n) is 6.67. The third-order valence-corrected chi connectivity index (χ3v) is 3.21. The molecule has 0 saturated heterocycles. The highest BCUT2D eigenvalue weighted by atomic mass is 16.3. The molecule has 4 nitrogen and oxygen atoms in total. The first-order valence-corrected chi connectivity index (χ1v) is 6.67. The third kappa shape index (κ3) is 5.91. The Hall–Kier alpha value is -0.770. The summed E-state index contributed by atoms with van der Waals surface area (Å²) in [5.41, 5.74) is 0. The minimum atomic E-state index is -0.346. The molecule has 0 aromatic heterocycles. The first kappa shape index (κ1) is 14.3. The number of carbonyl (C=O) groups excluding carboxylic acids is 1. The summed E-state index contributed by atoms with van der Waals surface area (Å²) in [5.74, 6) is 1.10. The number of nitrogens with one attached hydrogen (secondary N) is 1. The van der Waals surface area contributed by atoms with Gasteiger partial charge >= 0.3 is 6.03 Å². The van der Waals surface area contributed by atoms with Crippen molar-refractivity contribution in [3.8, 4) is 0 Å². The van der Waals surface area contributed by atoms with Crippen molar-refractivity contribution in [1.29, 1.82) is 0 Å². The topological polar surface area (TPSA) is 52.6 Å². The van der Waals surface area contributed by atoms with Gasteiger partial charge in [0.15, 0.2) is 0 Å². The fraction of sp³-hybridized carbons (Fsp3) is 0.923. The molecule has 1 rings (SSSR count). The normalized spacial score (nSPS) is 17.0. The lowest BCUT2D eigenvalue weighted by Gasteiger charge is -2.21. The standard InChI is InChI=1S/C13H26N2O2/c1-10(2)5-4-8-14-13(17)15(3)9-12(16)11-6-7-11/h10-12,16H,4-9H2,1-3H3,(H,14,17). The quantitative estimate of drug-likeness (QED) is 0.669. The Morgan fingerprint density at radius 3 is 2.65 bits per heavy atom. The monoisotopic (exact) mass is 242 g/mol. The zero-order valence-corrected chi connectivity index (χ0v) is 11.3. The Morgan fingerprint density at radius 1 is 1.47 bits per heavy atom. The molecule has 0 radical (unpaired) electrons. The van der Waals surface area contributed by atoms with Gasteiger partial charge in [-0.2, -0.15) is 0 Å². The second kappa shape index (κ2) is 6.84. The van der Waals surface area contributed by atoms with Gasteiger partial charge in [0.05, 0.1) is 6.10 Å². The minimum absolute atomic E-state index is 0.0755. The second-order valence-corrected chi connectivity index (χ2v) is 5.55. The van der Waals surface area contributed by atoms with Crippen LogP contribution in [0.4, 0.5) is 4.79 Å². The number of aliphatic hydroxyl groups excluding tert-OH is 1. The Labute approximate surface area is 104 Å². The van der Waals surface area contributed by atoms with Gasteiger partial charge in [0.1, 0.15) is 0 Å². The lowest BCUT2D eigenvalue weighted by molar-refractivity contribution is 0.113. The highest BCUT2D eigenvalue weighted by molar-refractivity contribution is 5.73. The number of nitrogens with zero attached hydrogens (tertiary/aromatic N) is 1. The predicted octanol–water partition coefficient (Wildman–Crippen LogP) is 1.83. The highest BCUT2D eigenvalue weighted by Crippen LogP contribution is 2.32. The van der Waals surface area contributed by atoms with Gasteiger partial charge in [0.25, 0.3) is 0 Å². The van der Waals surface area contributed by atoms with Gasteiger partial charge in [0, 0.05) is 20.1 Å². The van der Waals surface area contributed by atoms with Crippen molar-refractivity contribution in [2.75, 3.05) is 20.1 Å². The summed E-state index contributed by atoms with van der Waals surface area (Å²) in [4.78, 5) is 13.3. The lowest BCUT2D eigenvalue weighted by atomic mass is 10.1. The Kier molecular flexibility index (Phi) is 5.75. The summed E-state index contributed by atoms with van der Waals surface area (Å²) in [6.07, 6.45) is 4.01. The summed E-state index contributed by atoms with van der Waals surface area (Å²) in [5, 5.41) is 12.6. The third-order valence-electron chi connectivity index (χ3n) is 3.21. The Balaban J connectivity index is 2.08. The molecule has 1 aliphatic carbocycles. The molecule has 0 aromatic carbocycles. The van der Waals surface area contributed by atoms with Crippen molar-refractivity contribution in [2.45, 2.75) is 45.6 Å². The maximum Gasteiger partial charge on any atom is 0.317 e. The summed E-state index contributed by atoms with van der Waals surface area (Å²) >= 11 is 0. The van der Waals surface area contributed by atoms with Crippen LogP contribution in [0, 0.1) is 11.8 Å². The van der Waals surface area contributed by atoms with Crippen molar-refractivity contribution < 1.29 is 9.90 Å². The van der Waals surface area contributed by atoms with Gasteiger partial charge in [-0.15, -0.1) is 0 Å². The van der Waals surface area contributed by atoms with Crippen LogP contribution in [0.2, 0.25) is 0 Å². The summed E-state index contributed by atoms with van der Waals surface area (Å²) in [6.45, 7) is 5.53. The largest absolute Gasteiger partial charge is 0.391 e. The van der Waals surface area contributed by atoms with Gasteiger partial charge < -0.3 is 15.3 Å². The van der Waals surface area contributed by atoms with Crippen molar-refractivity contribution >= 4 is 6.03 Å². The highest BCUT2D eigenvalue weighted by Gasteiger charge is 2.30. The Morgan fingerprint density at radius 2 is 2.12 bits per heavy atom. The zero-order chi connectivity index (χ0) is 12.8. The van der Waals surface area contributed by atoms with E-state index < -0.39 is 0 Å². The molecule has 2 N–H and O–H groups in total. The van der Waals surface area contributed by atoms with E-state index in [2.05, 4.69) is 19.2 Å². The molecular weight excluding hydrogens is 216 g/mol. The van der Waals surface area contributed by atoms with Crippen LogP contribution < -0.4 is 5.32 Å². The number of hydrogen-bond acceptors (Lipinski definition) is 2. The van der Waals surface area contributed by atoms with Crippen molar-refractivity contribution in [3.63, 3.8) is 0 Å². The fourth-order valence-corrected chi connectivity index (χ4v) is 1.83. The van der Waals surface area contributed by atoms with Gasteiger partial charge in [-0.1, -0.05) is 13.8 Å². The van der Waals surface area contributed by atoms with E-state index in [-0.39, 0.29) is 12.1 Å². The van der Waals surface area contributed by atoms with Gasteiger partial charge in [-0.25, -0.2) is 4.79 Å². The molecule has 2 amide bonds. The number of rotatable bonds is 7. The summed E-state index contributed by atoms with van der Waals surface area (Å²) in [7, 11) is 1.74. The van der Waals surface area contributed by atoms with E-state index in [1.54, 1.807) is 11.9 Å². The van der Waals surface area contributed by atoms with Crippen molar-refractivity contribution in [3.05, 3.63) is 0 Å². The van der Waals surface area contributed by atoms with Crippen LogP contribution in [0.3, 0.4) is 0 Å². The predicted molar refractivity (Wildman–Crippen MR) is 68.8 cm³/mol. The van der Waals surface area contributed by atoms with Crippen LogP contribution >= 0.6 is 0 Å². The number of carbonyl (C=O) groups is 1. The lowest BCUT2D eigenvalue weighted by Crippen LogP contribution is -2.42. The Bertz CT molecular complexity index is 240. The first-order chi connectivity index (χ1) is 8.00. The van der Waals surface area contributed by atoms with Crippen LogP contribution in [-0.2, 0) is 0 Å². The molecular formula is C13H26N2O2. The number of hydrogen-bond donors (Lipinski definition) is 2. The van der Waals surface area contributed by atoms with Crippen LogP contribution in [0.25, 0.3) is 0 Å². The molecule has 1 unspecified atom stereocenters. The van der Waals surface area contributed by atoms with Crippen LogP contribution in [-0.4, -0.2) is 42.3 Å². The molecule has 1 atom stereocenters. The minimum Gasteiger partial charge on any atom is -0.391 e. The molecule has 0 aliphatic heterocycles. The number of likely N-dealkylation sites (N-methyl/N-ethyl adjacent to an activating group) is 1. The summed E-state index contributed by atoms with van der Waals surface area (Å²) in [6, 6.07) is -0.0755. The van der Waals surface area contributed by atoms with E-state index in [4.69, 9.17) is 0 Å². The smallest absolute Gasteiger partial charge is 0.317 e. The molecule has 1 saturated carbocycles. The van der Waals surface area contributed by atoms with E-state index in [9.17, 15) is 9.90 Å². The van der Waals surface area contributed by atoms with Gasteiger partial charge in [-0.05, 0) is 37.5 Å². The second-order valence-electron chi connectivity index (χ2n) is 5.55. The zero-order valence-electron chi connectivity index (χ0n) is 11.3. The molecule has 1 aliphatic rings. The number of aliphatic hydroxyl groups is 1. The molecule has 0 bridgehead atoms.